The van der Waals surface area contributed by atoms with E-state index in [1.807, 2.05) is 13.8 Å². The van der Waals surface area contributed by atoms with Gasteiger partial charge in [-0.1, -0.05) is 0 Å². The van der Waals surface area contributed by atoms with E-state index in [0.29, 0.717) is 5.96 Å². The fourth-order valence-corrected chi connectivity index (χ4v) is 2.11. The van der Waals surface area contributed by atoms with Gasteiger partial charge in [0, 0.05) is 39.0 Å². The zero-order chi connectivity index (χ0) is 15.0. The van der Waals surface area contributed by atoms with E-state index < -0.39 is 0 Å². The Hall–Kier alpha value is -0.900. The largest absolute Gasteiger partial charge is 0.357 e. The highest BCUT2D eigenvalue weighted by Gasteiger charge is 2.04. The van der Waals surface area contributed by atoms with Crippen molar-refractivity contribution >= 4 is 47.2 Å². The standard InChI is InChI=1S/C13H23N5OS.HI/c1-5-14-13(16-8-12(19)18(3)4)15-7-6-11-9-20-10(2)17-11;/h9H,5-8H2,1-4H3,(H2,14,15,16);1H. The maximum Gasteiger partial charge on any atom is 0.243 e. The van der Waals surface area contributed by atoms with Crippen molar-refractivity contribution in [3.63, 3.8) is 0 Å². The molecule has 1 aromatic rings. The summed E-state index contributed by atoms with van der Waals surface area (Å²) in [6.07, 6.45) is 0.844. The molecule has 1 amide bonds. The summed E-state index contributed by atoms with van der Waals surface area (Å²) in [4.78, 5) is 21.7. The number of hydrogen-bond acceptors (Lipinski definition) is 4. The molecule has 1 heterocycles. The monoisotopic (exact) mass is 425 g/mol. The number of likely N-dealkylation sites (N-methyl/N-ethyl adjacent to an activating group) is 1. The summed E-state index contributed by atoms with van der Waals surface area (Å²) < 4.78 is 0. The van der Waals surface area contributed by atoms with Crippen molar-refractivity contribution < 1.29 is 4.79 Å². The molecule has 0 unspecified atom stereocenters. The van der Waals surface area contributed by atoms with Crippen LogP contribution in [0.4, 0.5) is 0 Å². The van der Waals surface area contributed by atoms with Crippen LogP contribution < -0.4 is 10.6 Å². The number of aromatic nitrogens is 1. The second kappa shape index (κ2) is 10.8. The van der Waals surface area contributed by atoms with Crippen LogP contribution in [0.1, 0.15) is 17.6 Å². The zero-order valence-corrected chi connectivity index (χ0v) is 16.1. The number of nitrogens with one attached hydrogen (secondary N) is 2. The molecule has 0 atom stereocenters. The molecule has 0 bridgehead atoms. The van der Waals surface area contributed by atoms with E-state index in [2.05, 4.69) is 26.0 Å². The van der Waals surface area contributed by atoms with Crippen LogP contribution in [0, 0.1) is 6.92 Å². The van der Waals surface area contributed by atoms with Crippen molar-refractivity contribution in [2.75, 3.05) is 33.7 Å². The summed E-state index contributed by atoms with van der Waals surface area (Å²) in [6, 6.07) is 0. The van der Waals surface area contributed by atoms with Gasteiger partial charge >= 0.3 is 0 Å². The third-order valence-electron chi connectivity index (χ3n) is 2.56. The van der Waals surface area contributed by atoms with E-state index in [-0.39, 0.29) is 36.4 Å². The van der Waals surface area contributed by atoms with Crippen LogP contribution in [0.15, 0.2) is 10.4 Å². The highest BCUT2D eigenvalue weighted by Crippen LogP contribution is 2.07. The van der Waals surface area contributed by atoms with Crippen LogP contribution >= 0.6 is 35.3 Å². The molecule has 6 nitrogen and oxygen atoms in total. The van der Waals surface area contributed by atoms with Crippen molar-refractivity contribution in [3.05, 3.63) is 16.1 Å². The Morgan fingerprint density at radius 3 is 2.67 bits per heavy atom. The van der Waals surface area contributed by atoms with Gasteiger partial charge in [0.1, 0.15) is 6.54 Å². The summed E-state index contributed by atoms with van der Waals surface area (Å²) >= 11 is 1.66. The predicted octanol–water partition coefficient (Wildman–Crippen LogP) is 1.26. The summed E-state index contributed by atoms with van der Waals surface area (Å²) in [6.45, 7) is 5.65. The first-order valence-electron chi connectivity index (χ1n) is 6.66. The molecule has 2 N–H and O–H groups in total. The van der Waals surface area contributed by atoms with E-state index in [1.54, 1.807) is 25.4 Å². The number of carbonyl (C=O) groups is 1. The Balaban J connectivity index is 0.00000400. The van der Waals surface area contributed by atoms with Gasteiger partial charge in [-0.25, -0.2) is 9.98 Å². The van der Waals surface area contributed by atoms with Crippen molar-refractivity contribution in [1.29, 1.82) is 0 Å². The molecule has 0 saturated carbocycles. The molecule has 0 fully saturated rings. The lowest BCUT2D eigenvalue weighted by Gasteiger charge is -2.12. The van der Waals surface area contributed by atoms with Crippen LogP contribution in [0.3, 0.4) is 0 Å². The van der Waals surface area contributed by atoms with Gasteiger partial charge < -0.3 is 15.5 Å². The first-order chi connectivity index (χ1) is 9.52. The molecule has 0 aliphatic rings. The SMILES string of the molecule is CCNC(=NCC(=O)N(C)C)NCCc1csc(C)n1.I. The van der Waals surface area contributed by atoms with Gasteiger partial charge in [-0.3, -0.25) is 4.79 Å². The Labute approximate surface area is 147 Å². The third kappa shape index (κ3) is 8.20. The predicted molar refractivity (Wildman–Crippen MR) is 98.6 cm³/mol. The molecule has 0 spiro atoms. The van der Waals surface area contributed by atoms with Crippen LogP contribution in [-0.2, 0) is 11.2 Å². The van der Waals surface area contributed by atoms with E-state index in [0.717, 1.165) is 30.2 Å². The third-order valence-corrected chi connectivity index (χ3v) is 3.38. The molecule has 8 heteroatoms. The lowest BCUT2D eigenvalue weighted by molar-refractivity contribution is -0.127. The minimum Gasteiger partial charge on any atom is -0.357 e. The first-order valence-corrected chi connectivity index (χ1v) is 7.54. The molecular weight excluding hydrogens is 401 g/mol. The number of aliphatic imine (C=N–C) groups is 1. The van der Waals surface area contributed by atoms with E-state index in [4.69, 9.17) is 0 Å². The minimum absolute atomic E-state index is 0. The maximum atomic E-state index is 11.5. The highest BCUT2D eigenvalue weighted by molar-refractivity contribution is 14.0. The van der Waals surface area contributed by atoms with Crippen LogP contribution in [0.25, 0.3) is 0 Å². The number of carbonyl (C=O) groups excluding carboxylic acids is 1. The first kappa shape index (κ1) is 20.1. The summed E-state index contributed by atoms with van der Waals surface area (Å²) in [7, 11) is 3.45. The molecule has 1 rings (SSSR count). The quantitative estimate of drug-likeness (QED) is 0.409. The molecular formula is C13H24IN5OS. The van der Waals surface area contributed by atoms with Gasteiger partial charge in [0.05, 0.1) is 10.7 Å². The van der Waals surface area contributed by atoms with E-state index >= 15 is 0 Å². The lowest BCUT2D eigenvalue weighted by Crippen LogP contribution is -2.39. The molecule has 0 aliphatic heterocycles. The fourth-order valence-electron chi connectivity index (χ4n) is 1.46. The number of nitrogens with zero attached hydrogens (tertiary/aromatic N) is 3. The Morgan fingerprint density at radius 1 is 1.43 bits per heavy atom. The van der Waals surface area contributed by atoms with Gasteiger partial charge in [-0.15, -0.1) is 35.3 Å². The normalized spacial score (nSPS) is 10.8. The summed E-state index contributed by atoms with van der Waals surface area (Å²) in [5.41, 5.74) is 1.08. The van der Waals surface area contributed by atoms with Crippen molar-refractivity contribution in [1.82, 2.24) is 20.5 Å². The average molecular weight is 425 g/mol. The molecule has 0 saturated heterocycles. The Bertz CT molecular complexity index is 461. The molecule has 0 radical (unpaired) electrons. The summed E-state index contributed by atoms with van der Waals surface area (Å²) in [5, 5.41) is 9.47. The summed E-state index contributed by atoms with van der Waals surface area (Å²) in [5.74, 6) is 0.645. The second-order valence-electron chi connectivity index (χ2n) is 4.52. The lowest BCUT2D eigenvalue weighted by atomic mass is 10.3. The number of thiazole rings is 1. The van der Waals surface area contributed by atoms with Gasteiger partial charge in [-0.05, 0) is 13.8 Å². The van der Waals surface area contributed by atoms with Crippen LogP contribution in [0.2, 0.25) is 0 Å². The van der Waals surface area contributed by atoms with Gasteiger partial charge in [0.15, 0.2) is 5.96 Å². The van der Waals surface area contributed by atoms with Crippen LogP contribution in [-0.4, -0.2) is 55.5 Å². The van der Waals surface area contributed by atoms with Crippen LogP contribution in [0.5, 0.6) is 0 Å². The van der Waals surface area contributed by atoms with Gasteiger partial charge in [0.2, 0.25) is 5.91 Å². The average Bonchev–Trinajstić information content (AvgIpc) is 2.81. The van der Waals surface area contributed by atoms with Crippen molar-refractivity contribution in [3.8, 4) is 0 Å². The van der Waals surface area contributed by atoms with Crippen molar-refractivity contribution in [2.24, 2.45) is 4.99 Å². The maximum absolute atomic E-state index is 11.5. The van der Waals surface area contributed by atoms with E-state index in [1.165, 1.54) is 4.90 Å². The zero-order valence-electron chi connectivity index (χ0n) is 13.0. The second-order valence-corrected chi connectivity index (χ2v) is 5.58. The molecule has 1 aromatic heterocycles. The van der Waals surface area contributed by atoms with Gasteiger partial charge in [-0.2, -0.15) is 0 Å². The fraction of sp³-hybridized carbons (Fsp3) is 0.615. The smallest absolute Gasteiger partial charge is 0.243 e. The number of amides is 1. The highest BCUT2D eigenvalue weighted by atomic mass is 127. The molecule has 21 heavy (non-hydrogen) atoms. The topological polar surface area (TPSA) is 69.6 Å². The van der Waals surface area contributed by atoms with Crippen molar-refractivity contribution in [2.45, 2.75) is 20.3 Å². The Kier molecular flexibility index (Phi) is 10.3. The molecule has 0 aromatic carbocycles. The number of hydrogen-bond donors (Lipinski definition) is 2. The number of halogens is 1. The number of guanidine groups is 1. The Morgan fingerprint density at radius 2 is 2.14 bits per heavy atom. The number of rotatable bonds is 6. The molecule has 120 valence electrons. The van der Waals surface area contributed by atoms with E-state index in [9.17, 15) is 4.79 Å². The van der Waals surface area contributed by atoms with Gasteiger partial charge in [0.25, 0.3) is 0 Å². The minimum atomic E-state index is -0.0164. The number of aryl methyl sites for hydroxylation is 1. The molecule has 0 aliphatic carbocycles.